The summed E-state index contributed by atoms with van der Waals surface area (Å²) in [5.74, 6) is -0.425. The van der Waals surface area contributed by atoms with Gasteiger partial charge in [0, 0.05) is 13.3 Å². The number of carbonyl (C=O) groups excluding carboxylic acids is 1. The highest BCUT2D eigenvalue weighted by molar-refractivity contribution is 5.88. The van der Waals surface area contributed by atoms with E-state index in [-0.39, 0.29) is 6.10 Å². The van der Waals surface area contributed by atoms with Crippen molar-refractivity contribution >= 4 is 11.7 Å². The van der Waals surface area contributed by atoms with Gasteiger partial charge < -0.3 is 20.2 Å². The van der Waals surface area contributed by atoms with Gasteiger partial charge in [0.05, 0.1) is 12.3 Å². The van der Waals surface area contributed by atoms with Crippen LogP contribution >= 0.6 is 0 Å². The van der Waals surface area contributed by atoms with E-state index in [1.165, 1.54) is 12.3 Å². The molecular weight excluding hydrogens is 184 g/mol. The molecule has 0 amide bonds. The molecule has 1 aromatic heterocycles. The summed E-state index contributed by atoms with van der Waals surface area (Å²) in [5.41, 5.74) is 6.30. The van der Waals surface area contributed by atoms with E-state index in [9.17, 15) is 4.79 Å². The number of ether oxygens (including phenoxy) is 2. The van der Waals surface area contributed by atoms with E-state index in [0.29, 0.717) is 18.0 Å². The number of methoxy groups -OCH3 is 1. The Morgan fingerprint density at radius 1 is 1.71 bits per heavy atom. The molecule has 0 spiro atoms. The van der Waals surface area contributed by atoms with Crippen LogP contribution in [0.25, 0.3) is 0 Å². The average molecular weight is 198 g/mol. The highest BCUT2D eigenvalue weighted by atomic mass is 16.6. The molecule has 0 aromatic carbocycles. The monoisotopic (exact) mass is 198 g/mol. The summed E-state index contributed by atoms with van der Waals surface area (Å²) in [7, 11) is 1.55. The molecule has 5 heteroatoms. The molecular formula is C9H14N2O3. The van der Waals surface area contributed by atoms with E-state index in [4.69, 9.17) is 15.2 Å². The van der Waals surface area contributed by atoms with Gasteiger partial charge in [0.2, 0.25) is 0 Å². The van der Waals surface area contributed by atoms with Gasteiger partial charge in [-0.15, -0.1) is 0 Å². The van der Waals surface area contributed by atoms with Gasteiger partial charge in [0.15, 0.2) is 0 Å². The zero-order valence-electron chi connectivity index (χ0n) is 8.24. The molecule has 5 nitrogen and oxygen atoms in total. The fourth-order valence-electron chi connectivity index (χ4n) is 1.04. The molecule has 0 saturated carbocycles. The summed E-state index contributed by atoms with van der Waals surface area (Å²) in [6, 6.07) is 1.53. The largest absolute Gasteiger partial charge is 0.456 e. The standard InChI is InChI=1S/C9H14N2O3/c1-6(5-13-2)14-9(12)8-3-7(10)4-11-8/h3-4,6,11H,5,10H2,1-2H3. The van der Waals surface area contributed by atoms with E-state index in [2.05, 4.69) is 4.98 Å². The maximum atomic E-state index is 11.4. The molecule has 0 aliphatic heterocycles. The van der Waals surface area contributed by atoms with Crippen LogP contribution in [-0.2, 0) is 9.47 Å². The number of aromatic amines is 1. The van der Waals surface area contributed by atoms with Crippen molar-refractivity contribution in [2.75, 3.05) is 19.5 Å². The molecule has 78 valence electrons. The first kappa shape index (κ1) is 10.6. The zero-order valence-corrected chi connectivity index (χ0v) is 8.24. The summed E-state index contributed by atoms with van der Waals surface area (Å²) < 4.78 is 9.87. The lowest BCUT2D eigenvalue weighted by atomic mass is 10.4. The van der Waals surface area contributed by atoms with Crippen LogP contribution in [0.1, 0.15) is 17.4 Å². The molecule has 0 aliphatic carbocycles. The normalized spacial score (nSPS) is 12.4. The second-order valence-corrected chi connectivity index (χ2v) is 3.02. The molecule has 1 atom stereocenters. The minimum Gasteiger partial charge on any atom is -0.456 e. The fourth-order valence-corrected chi connectivity index (χ4v) is 1.04. The number of nitrogens with two attached hydrogens (primary N) is 1. The van der Waals surface area contributed by atoms with Crippen molar-refractivity contribution in [2.24, 2.45) is 0 Å². The maximum Gasteiger partial charge on any atom is 0.355 e. The number of nitrogens with one attached hydrogen (secondary N) is 1. The van der Waals surface area contributed by atoms with Crippen molar-refractivity contribution in [1.29, 1.82) is 0 Å². The number of rotatable bonds is 4. The minimum atomic E-state index is -0.425. The third kappa shape index (κ3) is 2.77. The predicted molar refractivity (Wildman–Crippen MR) is 52.0 cm³/mol. The Morgan fingerprint density at radius 3 is 2.93 bits per heavy atom. The van der Waals surface area contributed by atoms with Crippen LogP contribution in [0, 0.1) is 0 Å². The second-order valence-electron chi connectivity index (χ2n) is 3.02. The van der Waals surface area contributed by atoms with Gasteiger partial charge in [0.1, 0.15) is 11.8 Å². The number of H-pyrrole nitrogens is 1. The number of aromatic nitrogens is 1. The van der Waals surface area contributed by atoms with Gasteiger partial charge in [-0.05, 0) is 13.0 Å². The van der Waals surface area contributed by atoms with Crippen LogP contribution in [0.4, 0.5) is 5.69 Å². The maximum absolute atomic E-state index is 11.4. The van der Waals surface area contributed by atoms with E-state index < -0.39 is 5.97 Å². The quantitative estimate of drug-likeness (QED) is 0.701. The van der Waals surface area contributed by atoms with E-state index in [1.54, 1.807) is 14.0 Å². The van der Waals surface area contributed by atoms with Gasteiger partial charge in [-0.1, -0.05) is 0 Å². The first-order valence-electron chi connectivity index (χ1n) is 4.27. The van der Waals surface area contributed by atoms with Crippen molar-refractivity contribution in [3.8, 4) is 0 Å². The summed E-state index contributed by atoms with van der Waals surface area (Å²) in [5, 5.41) is 0. The first-order chi connectivity index (χ1) is 6.63. The van der Waals surface area contributed by atoms with Gasteiger partial charge in [-0.2, -0.15) is 0 Å². The van der Waals surface area contributed by atoms with Crippen LogP contribution in [0.15, 0.2) is 12.3 Å². The summed E-state index contributed by atoms with van der Waals surface area (Å²) >= 11 is 0. The Kier molecular flexibility index (Phi) is 3.53. The van der Waals surface area contributed by atoms with E-state index >= 15 is 0 Å². The first-order valence-corrected chi connectivity index (χ1v) is 4.27. The summed E-state index contributed by atoms with van der Waals surface area (Å²) in [6.07, 6.45) is 1.27. The molecule has 0 radical (unpaired) electrons. The molecule has 3 N–H and O–H groups in total. The molecule has 14 heavy (non-hydrogen) atoms. The van der Waals surface area contributed by atoms with Crippen molar-refractivity contribution in [3.05, 3.63) is 18.0 Å². The van der Waals surface area contributed by atoms with E-state index in [1.807, 2.05) is 0 Å². The highest BCUT2D eigenvalue weighted by Gasteiger charge is 2.12. The van der Waals surface area contributed by atoms with Crippen molar-refractivity contribution < 1.29 is 14.3 Å². The van der Waals surface area contributed by atoms with Crippen LogP contribution < -0.4 is 5.73 Å². The van der Waals surface area contributed by atoms with Crippen LogP contribution in [0.2, 0.25) is 0 Å². The SMILES string of the molecule is COCC(C)OC(=O)c1cc(N)c[nH]1. The highest BCUT2D eigenvalue weighted by Crippen LogP contribution is 2.07. The number of hydrogen-bond acceptors (Lipinski definition) is 4. The third-order valence-electron chi connectivity index (χ3n) is 1.63. The second kappa shape index (κ2) is 4.66. The zero-order chi connectivity index (χ0) is 10.6. The van der Waals surface area contributed by atoms with Crippen LogP contribution in [0.3, 0.4) is 0 Å². The van der Waals surface area contributed by atoms with Crippen molar-refractivity contribution in [1.82, 2.24) is 4.98 Å². The Bertz CT molecular complexity index is 309. The average Bonchev–Trinajstić information content (AvgIpc) is 2.52. The number of anilines is 1. The van der Waals surface area contributed by atoms with Crippen molar-refractivity contribution in [2.45, 2.75) is 13.0 Å². The lowest BCUT2D eigenvalue weighted by molar-refractivity contribution is 0.0115. The Morgan fingerprint density at radius 2 is 2.43 bits per heavy atom. The molecule has 1 rings (SSSR count). The molecule has 0 bridgehead atoms. The fraction of sp³-hybridized carbons (Fsp3) is 0.444. The van der Waals surface area contributed by atoms with E-state index in [0.717, 1.165) is 0 Å². The lowest BCUT2D eigenvalue weighted by Crippen LogP contribution is -2.19. The third-order valence-corrected chi connectivity index (χ3v) is 1.63. The number of nitrogen functional groups attached to an aromatic ring is 1. The topological polar surface area (TPSA) is 77.3 Å². The molecule has 1 aromatic rings. The van der Waals surface area contributed by atoms with Gasteiger partial charge >= 0.3 is 5.97 Å². The summed E-state index contributed by atoms with van der Waals surface area (Å²) in [6.45, 7) is 2.13. The molecule has 0 aliphatic rings. The lowest BCUT2D eigenvalue weighted by Gasteiger charge is -2.10. The molecule has 1 heterocycles. The Hall–Kier alpha value is -1.49. The number of hydrogen-bond donors (Lipinski definition) is 2. The van der Waals surface area contributed by atoms with Crippen LogP contribution in [-0.4, -0.2) is 30.8 Å². The molecule has 0 fully saturated rings. The minimum absolute atomic E-state index is 0.267. The number of esters is 1. The van der Waals surface area contributed by atoms with Gasteiger partial charge in [0.25, 0.3) is 0 Å². The van der Waals surface area contributed by atoms with Crippen molar-refractivity contribution in [3.63, 3.8) is 0 Å². The summed E-state index contributed by atoms with van der Waals surface area (Å²) in [4.78, 5) is 14.1. The molecule has 1 unspecified atom stereocenters. The predicted octanol–water partition coefficient (Wildman–Crippen LogP) is 0.789. The molecule has 0 saturated heterocycles. The Labute approximate surface area is 82.2 Å². The number of carbonyl (C=O) groups is 1. The van der Waals surface area contributed by atoms with Gasteiger partial charge in [-0.25, -0.2) is 4.79 Å². The van der Waals surface area contributed by atoms with Crippen LogP contribution in [0.5, 0.6) is 0 Å². The smallest absolute Gasteiger partial charge is 0.355 e. The van der Waals surface area contributed by atoms with Gasteiger partial charge in [-0.3, -0.25) is 0 Å². The Balaban J connectivity index is 2.50.